The quantitative estimate of drug-likeness (QED) is 0.494. The first-order valence-corrected chi connectivity index (χ1v) is 9.82. The molecule has 0 bridgehead atoms. The van der Waals surface area contributed by atoms with Gasteiger partial charge in [0.15, 0.2) is 0 Å². The smallest absolute Gasteiger partial charge is 0.119 e. The van der Waals surface area contributed by atoms with Gasteiger partial charge < -0.3 is 9.94 Å². The van der Waals surface area contributed by atoms with E-state index in [-0.39, 0.29) is 0 Å². The molecule has 4 nitrogen and oxygen atoms in total. The van der Waals surface area contributed by atoms with Crippen LogP contribution in [0.2, 0.25) is 0 Å². The molecule has 1 unspecified atom stereocenters. The maximum absolute atomic E-state index is 9.79. The molecular formula is C22H28N2O2. The number of oxime groups is 1. The van der Waals surface area contributed by atoms with Crippen LogP contribution in [-0.4, -0.2) is 42.1 Å². The summed E-state index contributed by atoms with van der Waals surface area (Å²) in [7, 11) is 1.69. The molecule has 0 amide bonds. The Hall–Kier alpha value is -2.07. The molecule has 1 atom stereocenters. The highest BCUT2D eigenvalue weighted by Gasteiger charge is 2.30. The van der Waals surface area contributed by atoms with Crippen molar-refractivity contribution in [2.24, 2.45) is 11.1 Å². The van der Waals surface area contributed by atoms with E-state index in [0.717, 1.165) is 46.8 Å². The Labute approximate surface area is 155 Å². The number of rotatable bonds is 4. The molecule has 1 saturated carbocycles. The van der Waals surface area contributed by atoms with Crippen molar-refractivity contribution in [1.29, 1.82) is 0 Å². The van der Waals surface area contributed by atoms with E-state index in [9.17, 15) is 5.21 Å². The molecule has 4 rings (SSSR count). The van der Waals surface area contributed by atoms with Gasteiger partial charge in [-0.05, 0) is 61.2 Å². The summed E-state index contributed by atoms with van der Waals surface area (Å²) in [6, 6.07) is 13.1. The van der Waals surface area contributed by atoms with Crippen LogP contribution in [0.25, 0.3) is 10.8 Å². The maximum Gasteiger partial charge on any atom is 0.119 e. The highest BCUT2D eigenvalue weighted by atomic mass is 16.5. The third-order valence-electron chi connectivity index (χ3n) is 6.13. The summed E-state index contributed by atoms with van der Waals surface area (Å²) in [5, 5.41) is 15.8. The first-order chi connectivity index (χ1) is 12.8. The van der Waals surface area contributed by atoms with Crippen LogP contribution in [0.3, 0.4) is 0 Å². The minimum absolute atomic E-state index is 0.310. The van der Waals surface area contributed by atoms with Crippen LogP contribution in [0.15, 0.2) is 41.6 Å². The van der Waals surface area contributed by atoms with Crippen LogP contribution in [0.4, 0.5) is 0 Å². The third kappa shape index (κ3) is 3.43. The van der Waals surface area contributed by atoms with Gasteiger partial charge >= 0.3 is 0 Å². The predicted octanol–water partition coefficient (Wildman–Crippen LogP) is 4.68. The highest BCUT2D eigenvalue weighted by Crippen LogP contribution is 2.30. The molecule has 138 valence electrons. The molecule has 1 aliphatic carbocycles. The van der Waals surface area contributed by atoms with Crippen LogP contribution in [0, 0.1) is 5.92 Å². The summed E-state index contributed by atoms with van der Waals surface area (Å²) in [5.41, 5.74) is 1.87. The maximum atomic E-state index is 9.79. The minimum atomic E-state index is 0.310. The van der Waals surface area contributed by atoms with Crippen molar-refractivity contribution in [3.8, 4) is 5.75 Å². The normalized spacial score (nSPS) is 22.8. The van der Waals surface area contributed by atoms with Gasteiger partial charge in [-0.15, -0.1) is 0 Å². The molecule has 0 spiro atoms. The van der Waals surface area contributed by atoms with Crippen molar-refractivity contribution in [2.45, 2.75) is 44.6 Å². The Balaban J connectivity index is 1.57. The number of nitrogens with zero attached hydrogens (tertiary/aromatic N) is 2. The average Bonchev–Trinajstić information content (AvgIpc) is 3.23. The van der Waals surface area contributed by atoms with Crippen LogP contribution in [-0.2, 0) is 0 Å². The highest BCUT2D eigenvalue weighted by molar-refractivity contribution is 6.04. The van der Waals surface area contributed by atoms with Gasteiger partial charge in [0.05, 0.1) is 12.8 Å². The zero-order valence-electron chi connectivity index (χ0n) is 15.5. The van der Waals surface area contributed by atoms with Crippen molar-refractivity contribution in [2.75, 3.05) is 20.2 Å². The Kier molecular flexibility index (Phi) is 5.11. The Bertz CT molecular complexity index is 796. The second-order valence-electron chi connectivity index (χ2n) is 7.69. The standard InChI is InChI=1S/C22H28N2O2/c1-26-21-11-10-16-13-18(9-8-17(16)14-21)22(23-25)19-5-4-12-24(15-19)20-6-2-3-7-20/h8-11,13-14,19-20,25H,2-7,12,15H2,1H3/b23-22-. The molecule has 4 heteroatoms. The van der Waals surface area contributed by atoms with E-state index in [0.29, 0.717) is 5.92 Å². The first kappa shape index (κ1) is 17.3. The van der Waals surface area contributed by atoms with Crippen LogP contribution in [0.5, 0.6) is 5.75 Å². The molecule has 1 N–H and O–H groups in total. The minimum Gasteiger partial charge on any atom is -0.497 e. The molecule has 1 saturated heterocycles. The first-order valence-electron chi connectivity index (χ1n) is 9.82. The van der Waals surface area contributed by atoms with E-state index in [1.54, 1.807) is 7.11 Å². The summed E-state index contributed by atoms with van der Waals surface area (Å²) in [6.45, 7) is 2.21. The predicted molar refractivity (Wildman–Crippen MR) is 105 cm³/mol. The molecule has 0 radical (unpaired) electrons. The van der Waals surface area contributed by atoms with Crippen molar-refractivity contribution in [3.05, 3.63) is 42.0 Å². The fraction of sp³-hybridized carbons (Fsp3) is 0.500. The lowest BCUT2D eigenvalue weighted by Gasteiger charge is -2.37. The number of fused-ring (bicyclic) bond motifs is 1. The van der Waals surface area contributed by atoms with E-state index >= 15 is 0 Å². The van der Waals surface area contributed by atoms with E-state index in [4.69, 9.17) is 4.74 Å². The molecule has 1 heterocycles. The molecule has 2 aromatic rings. The zero-order valence-corrected chi connectivity index (χ0v) is 15.5. The molecule has 26 heavy (non-hydrogen) atoms. The third-order valence-corrected chi connectivity index (χ3v) is 6.13. The summed E-state index contributed by atoms with van der Waals surface area (Å²) in [5.74, 6) is 1.17. The average molecular weight is 352 g/mol. The van der Waals surface area contributed by atoms with Crippen molar-refractivity contribution < 1.29 is 9.94 Å². The molecule has 2 fully saturated rings. The van der Waals surface area contributed by atoms with Gasteiger partial charge in [-0.3, -0.25) is 4.90 Å². The van der Waals surface area contributed by atoms with E-state index in [2.05, 4.69) is 34.3 Å². The van der Waals surface area contributed by atoms with Gasteiger partial charge in [0.2, 0.25) is 0 Å². The van der Waals surface area contributed by atoms with Crippen LogP contribution >= 0.6 is 0 Å². The summed E-state index contributed by atoms with van der Waals surface area (Å²) in [4.78, 5) is 2.64. The van der Waals surface area contributed by atoms with Crippen LogP contribution in [0.1, 0.15) is 44.1 Å². The lowest BCUT2D eigenvalue weighted by molar-refractivity contribution is 0.145. The molecular weight excluding hydrogens is 324 g/mol. The number of benzene rings is 2. The number of hydrogen-bond donors (Lipinski definition) is 1. The van der Waals surface area contributed by atoms with Crippen molar-refractivity contribution in [3.63, 3.8) is 0 Å². The van der Waals surface area contributed by atoms with Gasteiger partial charge in [-0.1, -0.05) is 36.2 Å². The van der Waals surface area contributed by atoms with E-state index in [1.165, 1.54) is 38.6 Å². The van der Waals surface area contributed by atoms with Gasteiger partial charge in [0, 0.05) is 24.1 Å². The fourth-order valence-electron chi connectivity index (χ4n) is 4.72. The molecule has 2 aliphatic rings. The number of hydrogen-bond acceptors (Lipinski definition) is 4. The topological polar surface area (TPSA) is 45.1 Å². The number of piperidine rings is 1. The molecule has 2 aromatic carbocycles. The lowest BCUT2D eigenvalue weighted by atomic mass is 9.87. The SMILES string of the molecule is COc1ccc2cc(/C(=N/O)C3CCCN(C4CCCC4)C3)ccc2c1. The lowest BCUT2D eigenvalue weighted by Crippen LogP contribution is -2.43. The molecule has 0 aromatic heterocycles. The second-order valence-corrected chi connectivity index (χ2v) is 7.69. The van der Waals surface area contributed by atoms with E-state index in [1.807, 2.05) is 12.1 Å². The fourth-order valence-corrected chi connectivity index (χ4v) is 4.72. The number of likely N-dealkylation sites (tertiary alicyclic amines) is 1. The Morgan fingerprint density at radius 3 is 2.58 bits per heavy atom. The second kappa shape index (κ2) is 7.67. The largest absolute Gasteiger partial charge is 0.497 e. The summed E-state index contributed by atoms with van der Waals surface area (Å²) in [6.07, 6.45) is 7.67. The summed E-state index contributed by atoms with van der Waals surface area (Å²) < 4.78 is 5.31. The van der Waals surface area contributed by atoms with Gasteiger partial charge in [-0.2, -0.15) is 0 Å². The van der Waals surface area contributed by atoms with Gasteiger partial charge in [0.1, 0.15) is 5.75 Å². The van der Waals surface area contributed by atoms with Gasteiger partial charge in [0.25, 0.3) is 0 Å². The van der Waals surface area contributed by atoms with Crippen molar-refractivity contribution >= 4 is 16.5 Å². The molecule has 1 aliphatic heterocycles. The van der Waals surface area contributed by atoms with Crippen LogP contribution < -0.4 is 4.74 Å². The monoisotopic (exact) mass is 352 g/mol. The van der Waals surface area contributed by atoms with Gasteiger partial charge in [-0.25, -0.2) is 0 Å². The Morgan fingerprint density at radius 1 is 1.04 bits per heavy atom. The summed E-state index contributed by atoms with van der Waals surface area (Å²) >= 11 is 0. The van der Waals surface area contributed by atoms with E-state index < -0.39 is 0 Å². The zero-order chi connectivity index (χ0) is 17.9. The van der Waals surface area contributed by atoms with Crippen molar-refractivity contribution in [1.82, 2.24) is 4.90 Å². The number of ether oxygens (including phenoxy) is 1. The Morgan fingerprint density at radius 2 is 1.81 bits per heavy atom. The number of methoxy groups -OCH3 is 1.